The monoisotopic (exact) mass is 306 g/mol. The molecule has 1 aromatic carbocycles. The summed E-state index contributed by atoms with van der Waals surface area (Å²) in [7, 11) is 3.99. The summed E-state index contributed by atoms with van der Waals surface area (Å²) in [5.74, 6) is 0.0918. The molecule has 0 bridgehead atoms. The van der Waals surface area contributed by atoms with E-state index < -0.39 is 0 Å². The second kappa shape index (κ2) is 10.1. The van der Waals surface area contributed by atoms with E-state index in [1.807, 2.05) is 14.1 Å². The molecule has 0 unspecified atom stereocenters. The van der Waals surface area contributed by atoms with E-state index in [0.29, 0.717) is 19.5 Å². The van der Waals surface area contributed by atoms with Crippen molar-refractivity contribution < 1.29 is 4.79 Å². The van der Waals surface area contributed by atoms with Gasteiger partial charge in [0.1, 0.15) is 0 Å². The molecule has 0 spiro atoms. The van der Waals surface area contributed by atoms with Crippen molar-refractivity contribution in [3.05, 3.63) is 24.3 Å². The Labute approximate surface area is 134 Å². The zero-order valence-electron chi connectivity index (χ0n) is 14.4. The van der Waals surface area contributed by atoms with Crippen LogP contribution in [0.5, 0.6) is 0 Å². The average molecular weight is 306 g/mol. The Morgan fingerprint density at radius 1 is 1.05 bits per heavy atom. The van der Waals surface area contributed by atoms with E-state index in [4.69, 9.17) is 0 Å². The third-order valence-electron chi connectivity index (χ3n) is 3.56. The van der Waals surface area contributed by atoms with Gasteiger partial charge in [-0.25, -0.2) is 0 Å². The summed E-state index contributed by atoms with van der Waals surface area (Å²) in [6.07, 6.45) is 0.491. The summed E-state index contributed by atoms with van der Waals surface area (Å²) in [5.41, 5.74) is 2.29. The minimum atomic E-state index is 0.0918. The van der Waals surface area contributed by atoms with Crippen LogP contribution >= 0.6 is 0 Å². The molecule has 0 aliphatic carbocycles. The molecule has 124 valence electrons. The number of hydrogen-bond acceptors (Lipinski definition) is 4. The lowest BCUT2D eigenvalue weighted by atomic mass is 10.2. The molecule has 0 heterocycles. The van der Waals surface area contributed by atoms with Gasteiger partial charge in [-0.05, 0) is 52.2 Å². The third kappa shape index (κ3) is 6.80. The quantitative estimate of drug-likeness (QED) is 0.694. The van der Waals surface area contributed by atoms with Crippen LogP contribution in [-0.2, 0) is 4.79 Å². The van der Waals surface area contributed by atoms with Gasteiger partial charge in [-0.2, -0.15) is 0 Å². The van der Waals surface area contributed by atoms with Crippen molar-refractivity contribution >= 4 is 17.3 Å². The predicted octanol–water partition coefficient (Wildman–Crippen LogP) is 2.01. The van der Waals surface area contributed by atoms with Gasteiger partial charge in [-0.15, -0.1) is 0 Å². The van der Waals surface area contributed by atoms with Gasteiger partial charge in [0, 0.05) is 50.5 Å². The SMILES string of the molecule is CCN(CC)c1ccc(NCCC(=O)NCCN(C)C)cc1. The summed E-state index contributed by atoms with van der Waals surface area (Å²) >= 11 is 0. The molecule has 0 atom stereocenters. The number of nitrogens with zero attached hydrogens (tertiary/aromatic N) is 2. The average Bonchev–Trinajstić information content (AvgIpc) is 2.49. The molecule has 0 saturated carbocycles. The number of benzene rings is 1. The molecule has 0 radical (unpaired) electrons. The van der Waals surface area contributed by atoms with Gasteiger partial charge >= 0.3 is 0 Å². The molecule has 1 rings (SSSR count). The highest BCUT2D eigenvalue weighted by Crippen LogP contribution is 2.17. The lowest BCUT2D eigenvalue weighted by molar-refractivity contribution is -0.120. The normalized spacial score (nSPS) is 10.6. The third-order valence-corrected chi connectivity index (χ3v) is 3.56. The summed E-state index contributed by atoms with van der Waals surface area (Å²) < 4.78 is 0. The van der Waals surface area contributed by atoms with Crippen LogP contribution in [0.15, 0.2) is 24.3 Å². The molecular formula is C17H30N4O. The first-order chi connectivity index (χ1) is 10.6. The molecule has 1 amide bonds. The van der Waals surface area contributed by atoms with Gasteiger partial charge in [0.25, 0.3) is 0 Å². The van der Waals surface area contributed by atoms with Crippen molar-refractivity contribution in [3.63, 3.8) is 0 Å². The molecule has 2 N–H and O–H groups in total. The Balaban J connectivity index is 2.29. The van der Waals surface area contributed by atoms with Crippen molar-refractivity contribution in [2.24, 2.45) is 0 Å². The zero-order chi connectivity index (χ0) is 16.4. The highest BCUT2D eigenvalue weighted by molar-refractivity contribution is 5.76. The van der Waals surface area contributed by atoms with E-state index in [-0.39, 0.29) is 5.91 Å². The molecule has 0 aliphatic heterocycles. The minimum absolute atomic E-state index is 0.0918. The van der Waals surface area contributed by atoms with Crippen LogP contribution in [0.25, 0.3) is 0 Å². The summed E-state index contributed by atoms with van der Waals surface area (Å²) in [6, 6.07) is 8.37. The second-order valence-corrected chi connectivity index (χ2v) is 5.55. The molecule has 0 fully saturated rings. The number of rotatable bonds is 10. The first kappa shape index (κ1) is 18.3. The number of carbonyl (C=O) groups excluding carboxylic acids is 1. The smallest absolute Gasteiger partial charge is 0.221 e. The lowest BCUT2D eigenvalue weighted by Crippen LogP contribution is -2.32. The van der Waals surface area contributed by atoms with Gasteiger partial charge in [0.05, 0.1) is 0 Å². The topological polar surface area (TPSA) is 47.6 Å². The van der Waals surface area contributed by atoms with Crippen LogP contribution in [0.4, 0.5) is 11.4 Å². The van der Waals surface area contributed by atoms with Gasteiger partial charge in [0.15, 0.2) is 0 Å². The van der Waals surface area contributed by atoms with Crippen LogP contribution in [0.3, 0.4) is 0 Å². The fourth-order valence-electron chi connectivity index (χ4n) is 2.21. The lowest BCUT2D eigenvalue weighted by Gasteiger charge is -2.21. The van der Waals surface area contributed by atoms with E-state index in [0.717, 1.165) is 25.3 Å². The standard InChI is InChI=1S/C17H30N4O/c1-5-21(6-2)16-9-7-15(8-10-16)18-12-11-17(22)19-13-14-20(3)4/h7-10,18H,5-6,11-14H2,1-4H3,(H,19,22). The van der Waals surface area contributed by atoms with Crippen LogP contribution in [0.2, 0.25) is 0 Å². The predicted molar refractivity (Wildman–Crippen MR) is 94.7 cm³/mol. The van der Waals surface area contributed by atoms with Crippen molar-refractivity contribution in [2.75, 3.05) is 57.0 Å². The van der Waals surface area contributed by atoms with E-state index >= 15 is 0 Å². The number of nitrogens with one attached hydrogen (secondary N) is 2. The molecular weight excluding hydrogens is 276 g/mol. The summed E-state index contributed by atoms with van der Waals surface area (Å²) in [4.78, 5) is 16.0. The van der Waals surface area contributed by atoms with Crippen LogP contribution < -0.4 is 15.5 Å². The van der Waals surface area contributed by atoms with E-state index in [1.54, 1.807) is 0 Å². The number of amides is 1. The Bertz CT molecular complexity index is 427. The molecule has 5 heteroatoms. The van der Waals surface area contributed by atoms with Gasteiger partial charge in [0.2, 0.25) is 5.91 Å². The molecule has 22 heavy (non-hydrogen) atoms. The second-order valence-electron chi connectivity index (χ2n) is 5.55. The number of hydrogen-bond donors (Lipinski definition) is 2. The van der Waals surface area contributed by atoms with Gasteiger partial charge in [-0.1, -0.05) is 0 Å². The fourth-order valence-corrected chi connectivity index (χ4v) is 2.21. The highest BCUT2D eigenvalue weighted by Gasteiger charge is 2.03. The maximum absolute atomic E-state index is 11.7. The first-order valence-electron chi connectivity index (χ1n) is 8.07. The molecule has 1 aromatic rings. The minimum Gasteiger partial charge on any atom is -0.385 e. The van der Waals surface area contributed by atoms with Crippen LogP contribution in [-0.4, -0.2) is 57.6 Å². The van der Waals surface area contributed by atoms with Crippen molar-refractivity contribution in [3.8, 4) is 0 Å². The zero-order valence-corrected chi connectivity index (χ0v) is 14.4. The van der Waals surface area contributed by atoms with E-state index in [1.165, 1.54) is 5.69 Å². The van der Waals surface area contributed by atoms with Gasteiger partial charge in [-0.3, -0.25) is 4.79 Å². The van der Waals surface area contributed by atoms with Crippen molar-refractivity contribution in [1.82, 2.24) is 10.2 Å². The number of anilines is 2. The molecule has 0 saturated heterocycles. The van der Waals surface area contributed by atoms with Gasteiger partial charge < -0.3 is 20.4 Å². The summed E-state index contributed by atoms with van der Waals surface area (Å²) in [6.45, 7) is 8.55. The Morgan fingerprint density at radius 3 is 2.23 bits per heavy atom. The largest absolute Gasteiger partial charge is 0.385 e. The molecule has 0 aromatic heterocycles. The number of likely N-dealkylation sites (N-methyl/N-ethyl adjacent to an activating group) is 1. The van der Waals surface area contributed by atoms with Crippen LogP contribution in [0, 0.1) is 0 Å². The molecule has 0 aliphatic rings. The maximum Gasteiger partial charge on any atom is 0.221 e. The highest BCUT2D eigenvalue weighted by atomic mass is 16.1. The maximum atomic E-state index is 11.7. The Kier molecular flexibility index (Phi) is 8.36. The summed E-state index contributed by atoms with van der Waals surface area (Å²) in [5, 5.41) is 6.20. The molecule has 5 nitrogen and oxygen atoms in total. The Morgan fingerprint density at radius 2 is 1.68 bits per heavy atom. The van der Waals surface area contributed by atoms with Crippen molar-refractivity contribution in [2.45, 2.75) is 20.3 Å². The first-order valence-corrected chi connectivity index (χ1v) is 8.07. The number of carbonyl (C=O) groups is 1. The van der Waals surface area contributed by atoms with Crippen molar-refractivity contribution in [1.29, 1.82) is 0 Å². The van der Waals surface area contributed by atoms with Crippen LogP contribution in [0.1, 0.15) is 20.3 Å². The Hall–Kier alpha value is -1.75. The van der Waals surface area contributed by atoms with E-state index in [2.05, 4.69) is 58.5 Å². The fraction of sp³-hybridized carbons (Fsp3) is 0.588. The van der Waals surface area contributed by atoms with E-state index in [9.17, 15) is 4.79 Å².